The van der Waals surface area contributed by atoms with Gasteiger partial charge in [-0.2, -0.15) is 0 Å². The second-order valence-electron chi connectivity index (χ2n) is 4.20. The third-order valence-corrected chi connectivity index (χ3v) is 3.04. The molecular formula is C13H12BrN3O3. The molecule has 1 atom stereocenters. The van der Waals surface area contributed by atoms with Crippen molar-refractivity contribution in [3.05, 3.63) is 56.4 Å². The van der Waals surface area contributed by atoms with Gasteiger partial charge in [-0.15, -0.1) is 0 Å². The molecule has 104 valence electrons. The van der Waals surface area contributed by atoms with Crippen LogP contribution in [-0.2, 0) is 0 Å². The molecular weight excluding hydrogens is 326 g/mol. The lowest BCUT2D eigenvalue weighted by Gasteiger charge is -2.14. The van der Waals surface area contributed by atoms with E-state index in [-0.39, 0.29) is 11.6 Å². The fourth-order valence-electron chi connectivity index (χ4n) is 1.68. The van der Waals surface area contributed by atoms with Crippen molar-refractivity contribution in [2.45, 2.75) is 20.0 Å². The summed E-state index contributed by atoms with van der Waals surface area (Å²) in [6.07, 6.45) is 0.949. The topological polar surface area (TPSA) is 78.2 Å². The summed E-state index contributed by atoms with van der Waals surface area (Å²) in [5, 5.41) is 10.9. The molecule has 0 spiro atoms. The van der Waals surface area contributed by atoms with Gasteiger partial charge < -0.3 is 14.9 Å². The summed E-state index contributed by atoms with van der Waals surface area (Å²) in [4.78, 5) is 18.5. The van der Waals surface area contributed by atoms with Crippen molar-refractivity contribution in [1.29, 1.82) is 0 Å². The molecule has 20 heavy (non-hydrogen) atoms. The van der Waals surface area contributed by atoms with Crippen LogP contribution in [0.15, 0.2) is 34.9 Å². The second-order valence-corrected chi connectivity index (χ2v) is 5.11. The molecule has 2 heterocycles. The minimum Gasteiger partial charge on any atom is -0.476 e. The summed E-state index contributed by atoms with van der Waals surface area (Å²) in [5.74, 6) is -0.201. The summed E-state index contributed by atoms with van der Waals surface area (Å²) in [6.45, 7) is 3.66. The fourth-order valence-corrected chi connectivity index (χ4v) is 1.99. The molecule has 0 saturated heterocycles. The molecule has 0 aliphatic heterocycles. The Bertz CT molecular complexity index is 649. The van der Waals surface area contributed by atoms with Crippen LogP contribution in [0, 0.1) is 17.0 Å². The molecule has 0 radical (unpaired) electrons. The van der Waals surface area contributed by atoms with E-state index in [1.807, 2.05) is 25.1 Å². The molecule has 0 unspecified atom stereocenters. The number of nitrogens with zero attached hydrogens (tertiary/aromatic N) is 3. The maximum Gasteiger partial charge on any atom is 0.406 e. The first kappa shape index (κ1) is 14.4. The van der Waals surface area contributed by atoms with Crippen LogP contribution in [-0.4, -0.2) is 14.9 Å². The van der Waals surface area contributed by atoms with Crippen LogP contribution in [0.25, 0.3) is 0 Å². The van der Waals surface area contributed by atoms with Gasteiger partial charge in [0, 0.05) is 11.8 Å². The van der Waals surface area contributed by atoms with E-state index < -0.39 is 11.0 Å². The van der Waals surface area contributed by atoms with Gasteiger partial charge in [0.05, 0.1) is 10.2 Å². The van der Waals surface area contributed by atoms with Crippen LogP contribution in [0.1, 0.15) is 24.4 Å². The molecule has 0 N–H and O–H groups in total. The highest BCUT2D eigenvalue weighted by Crippen LogP contribution is 2.31. The predicted octanol–water partition coefficient (Wildman–Crippen LogP) is 3.60. The lowest BCUT2D eigenvalue weighted by Crippen LogP contribution is -2.08. The number of hydrogen-bond acceptors (Lipinski definition) is 5. The summed E-state index contributed by atoms with van der Waals surface area (Å²) in [5.41, 5.74) is 1.57. The monoisotopic (exact) mass is 337 g/mol. The van der Waals surface area contributed by atoms with Crippen LogP contribution < -0.4 is 4.74 Å². The van der Waals surface area contributed by atoms with Crippen molar-refractivity contribution in [1.82, 2.24) is 9.97 Å². The lowest BCUT2D eigenvalue weighted by atomic mass is 10.2. The van der Waals surface area contributed by atoms with Crippen LogP contribution in [0.5, 0.6) is 5.75 Å². The van der Waals surface area contributed by atoms with Crippen molar-refractivity contribution in [2.75, 3.05) is 0 Å². The van der Waals surface area contributed by atoms with E-state index in [2.05, 4.69) is 25.9 Å². The van der Waals surface area contributed by atoms with E-state index in [0.29, 0.717) is 10.2 Å². The van der Waals surface area contributed by atoms with E-state index in [4.69, 9.17) is 4.74 Å². The Labute approximate surface area is 124 Å². The van der Waals surface area contributed by atoms with Crippen LogP contribution in [0.2, 0.25) is 0 Å². The van der Waals surface area contributed by atoms with E-state index in [0.717, 1.165) is 5.69 Å². The maximum atomic E-state index is 10.9. The third kappa shape index (κ3) is 3.30. The third-order valence-electron chi connectivity index (χ3n) is 2.60. The fraction of sp³-hybridized carbons (Fsp3) is 0.231. The minimum atomic E-state index is -0.571. The number of pyridine rings is 2. The minimum absolute atomic E-state index is 0.111. The summed E-state index contributed by atoms with van der Waals surface area (Å²) in [6, 6.07) is 7.08. The van der Waals surface area contributed by atoms with Crippen molar-refractivity contribution in [3.63, 3.8) is 0 Å². The molecule has 6 nitrogen and oxygen atoms in total. The van der Waals surface area contributed by atoms with Gasteiger partial charge in [-0.3, -0.25) is 4.98 Å². The first-order valence-electron chi connectivity index (χ1n) is 5.87. The number of nitro groups is 1. The van der Waals surface area contributed by atoms with Crippen LogP contribution in [0.4, 0.5) is 5.82 Å². The highest BCUT2D eigenvalue weighted by molar-refractivity contribution is 9.10. The molecule has 2 aromatic rings. The van der Waals surface area contributed by atoms with Gasteiger partial charge in [0.25, 0.3) is 0 Å². The Balaban J connectivity index is 2.29. The number of halogens is 1. The zero-order valence-corrected chi connectivity index (χ0v) is 12.5. The van der Waals surface area contributed by atoms with Crippen molar-refractivity contribution in [2.24, 2.45) is 0 Å². The van der Waals surface area contributed by atoms with E-state index >= 15 is 0 Å². The smallest absolute Gasteiger partial charge is 0.406 e. The molecule has 0 fully saturated rings. The molecule has 0 aliphatic carbocycles. The maximum absolute atomic E-state index is 10.9. The summed E-state index contributed by atoms with van der Waals surface area (Å²) < 4.78 is 6.25. The van der Waals surface area contributed by atoms with Gasteiger partial charge in [-0.05, 0) is 51.8 Å². The molecule has 7 heteroatoms. The molecule has 2 rings (SSSR count). The molecule has 0 aromatic carbocycles. The SMILES string of the molecule is Cc1cccc([C@@H](C)Oc2cc(Br)cnc2[N+](=O)[O-])n1. The molecule has 0 amide bonds. The van der Waals surface area contributed by atoms with Crippen molar-refractivity contribution >= 4 is 21.7 Å². The molecule has 0 saturated carbocycles. The summed E-state index contributed by atoms with van der Waals surface area (Å²) in [7, 11) is 0. The largest absolute Gasteiger partial charge is 0.476 e. The normalized spacial score (nSPS) is 11.9. The van der Waals surface area contributed by atoms with E-state index in [9.17, 15) is 10.1 Å². The molecule has 0 bridgehead atoms. The standard InChI is InChI=1S/C13H12BrN3O3/c1-8-4-3-5-11(16-8)9(2)20-12-6-10(14)7-15-13(12)17(18)19/h3-7,9H,1-2H3/t9-/m1/s1. The van der Waals surface area contributed by atoms with Crippen molar-refractivity contribution in [3.8, 4) is 5.75 Å². The quantitative estimate of drug-likeness (QED) is 0.629. The highest BCUT2D eigenvalue weighted by atomic mass is 79.9. The molecule has 0 aliphatic rings. The number of hydrogen-bond donors (Lipinski definition) is 0. The van der Waals surface area contributed by atoms with Crippen LogP contribution in [0.3, 0.4) is 0 Å². The molecule has 2 aromatic heterocycles. The number of aryl methyl sites for hydroxylation is 1. The highest BCUT2D eigenvalue weighted by Gasteiger charge is 2.20. The Morgan fingerprint density at radius 1 is 1.45 bits per heavy atom. The van der Waals surface area contributed by atoms with Crippen molar-refractivity contribution < 1.29 is 9.66 Å². The lowest BCUT2D eigenvalue weighted by molar-refractivity contribution is -0.390. The first-order valence-corrected chi connectivity index (χ1v) is 6.67. The predicted molar refractivity (Wildman–Crippen MR) is 76.6 cm³/mol. The van der Waals surface area contributed by atoms with Crippen LogP contribution >= 0.6 is 15.9 Å². The number of ether oxygens (including phenoxy) is 1. The average Bonchev–Trinajstić information content (AvgIpc) is 2.38. The average molecular weight is 338 g/mol. The summed E-state index contributed by atoms with van der Waals surface area (Å²) >= 11 is 3.22. The number of rotatable bonds is 4. The number of aromatic nitrogens is 2. The van der Waals surface area contributed by atoms with Gasteiger partial charge in [0.15, 0.2) is 6.20 Å². The van der Waals surface area contributed by atoms with Gasteiger partial charge >= 0.3 is 5.82 Å². The Kier molecular flexibility index (Phi) is 4.29. The van der Waals surface area contributed by atoms with Gasteiger partial charge in [0.2, 0.25) is 5.75 Å². The first-order chi connectivity index (χ1) is 9.47. The van der Waals surface area contributed by atoms with Gasteiger partial charge in [0.1, 0.15) is 6.10 Å². The second kappa shape index (κ2) is 5.96. The van der Waals surface area contributed by atoms with Gasteiger partial charge in [-0.25, -0.2) is 0 Å². The van der Waals surface area contributed by atoms with E-state index in [1.165, 1.54) is 12.3 Å². The Morgan fingerprint density at radius 3 is 2.85 bits per heavy atom. The zero-order valence-electron chi connectivity index (χ0n) is 10.9. The Morgan fingerprint density at radius 2 is 2.20 bits per heavy atom. The van der Waals surface area contributed by atoms with Gasteiger partial charge in [-0.1, -0.05) is 6.07 Å². The Hall–Kier alpha value is -2.02. The zero-order chi connectivity index (χ0) is 14.7. The van der Waals surface area contributed by atoms with E-state index in [1.54, 1.807) is 6.92 Å².